The van der Waals surface area contributed by atoms with Crippen molar-refractivity contribution in [1.29, 1.82) is 0 Å². The maximum absolute atomic E-state index is 12.5. The summed E-state index contributed by atoms with van der Waals surface area (Å²) in [5.41, 5.74) is -1.78. The van der Waals surface area contributed by atoms with Crippen molar-refractivity contribution in [3.63, 3.8) is 0 Å². The van der Waals surface area contributed by atoms with Gasteiger partial charge in [0, 0.05) is 29.2 Å². The lowest BCUT2D eigenvalue weighted by Gasteiger charge is -2.62. The van der Waals surface area contributed by atoms with E-state index in [1.165, 1.54) is 12.3 Å². The van der Waals surface area contributed by atoms with Crippen LogP contribution < -0.4 is 5.63 Å². The maximum Gasteiger partial charge on any atom is 0.335 e. The second kappa shape index (κ2) is 6.75. The molecule has 164 valence electrons. The number of hydrogen-bond acceptors (Lipinski definition) is 6. The van der Waals surface area contributed by atoms with Gasteiger partial charge in [-0.15, -0.1) is 0 Å². The zero-order valence-corrected chi connectivity index (χ0v) is 17.5. The van der Waals surface area contributed by atoms with Crippen LogP contribution >= 0.6 is 0 Å². The number of carbonyl (C=O) groups excluding carboxylic acids is 1. The van der Waals surface area contributed by atoms with Gasteiger partial charge in [0.25, 0.3) is 0 Å². The summed E-state index contributed by atoms with van der Waals surface area (Å²) in [6.07, 6.45) is 6.95. The number of carbonyl (C=O) groups is 1. The first-order chi connectivity index (χ1) is 14.2. The van der Waals surface area contributed by atoms with Gasteiger partial charge < -0.3 is 24.5 Å². The van der Waals surface area contributed by atoms with Crippen molar-refractivity contribution < 1.29 is 24.5 Å². The highest BCUT2D eigenvalue weighted by molar-refractivity contribution is 5.62. The van der Waals surface area contributed by atoms with Gasteiger partial charge in [-0.05, 0) is 74.3 Å². The molecule has 4 aliphatic rings. The van der Waals surface area contributed by atoms with E-state index in [0.29, 0.717) is 25.7 Å². The van der Waals surface area contributed by atoms with Gasteiger partial charge in [-0.2, -0.15) is 0 Å². The smallest absolute Gasteiger partial charge is 0.335 e. The number of fused-ring (bicyclic) bond motifs is 5. The van der Waals surface area contributed by atoms with Crippen molar-refractivity contribution >= 4 is 6.29 Å². The second-order valence-electron chi connectivity index (χ2n) is 10.7. The first-order valence-corrected chi connectivity index (χ1v) is 11.4. The summed E-state index contributed by atoms with van der Waals surface area (Å²) >= 11 is 0. The molecule has 3 N–H and O–H groups in total. The molecule has 9 unspecified atom stereocenters. The fraction of sp³-hybridized carbons (Fsp3) is 0.750. The van der Waals surface area contributed by atoms with Gasteiger partial charge in [0.15, 0.2) is 0 Å². The van der Waals surface area contributed by atoms with Gasteiger partial charge in [0.1, 0.15) is 6.29 Å². The van der Waals surface area contributed by atoms with Crippen LogP contribution in [0.15, 0.2) is 27.6 Å². The van der Waals surface area contributed by atoms with E-state index < -0.39 is 28.2 Å². The van der Waals surface area contributed by atoms with Gasteiger partial charge in [-0.3, -0.25) is 0 Å². The van der Waals surface area contributed by atoms with Gasteiger partial charge >= 0.3 is 5.63 Å². The average molecular weight is 417 g/mol. The van der Waals surface area contributed by atoms with Crippen molar-refractivity contribution in [3.8, 4) is 0 Å². The van der Waals surface area contributed by atoms with Crippen LogP contribution in [0.25, 0.3) is 0 Å². The summed E-state index contributed by atoms with van der Waals surface area (Å²) in [5.74, 6) is -0.105. The molecular weight excluding hydrogens is 384 g/mol. The summed E-state index contributed by atoms with van der Waals surface area (Å²) in [6.45, 7) is 2.06. The molecule has 4 aliphatic carbocycles. The molecule has 1 aromatic rings. The van der Waals surface area contributed by atoms with Crippen LogP contribution in [-0.2, 0) is 4.79 Å². The monoisotopic (exact) mass is 416 g/mol. The fourth-order valence-electron chi connectivity index (χ4n) is 8.30. The summed E-state index contributed by atoms with van der Waals surface area (Å²) in [5, 5.41) is 33.4. The second-order valence-corrected chi connectivity index (χ2v) is 10.7. The average Bonchev–Trinajstić information content (AvgIpc) is 2.93. The highest BCUT2D eigenvalue weighted by atomic mass is 16.4. The molecular formula is C24H32O6. The quantitative estimate of drug-likeness (QED) is 0.639. The van der Waals surface area contributed by atoms with Crippen molar-refractivity contribution in [3.05, 3.63) is 34.4 Å². The highest BCUT2D eigenvalue weighted by Gasteiger charge is 2.70. The van der Waals surface area contributed by atoms with E-state index >= 15 is 0 Å². The molecule has 4 fully saturated rings. The molecule has 0 spiro atoms. The summed E-state index contributed by atoms with van der Waals surface area (Å²) in [7, 11) is 0. The minimum Gasteiger partial charge on any atom is -0.431 e. The number of aliphatic hydroxyl groups excluding tert-OH is 2. The number of aliphatic hydroxyl groups is 3. The van der Waals surface area contributed by atoms with Crippen LogP contribution in [0, 0.1) is 28.6 Å². The zero-order chi connectivity index (χ0) is 21.3. The van der Waals surface area contributed by atoms with E-state index in [2.05, 4.69) is 6.92 Å². The maximum atomic E-state index is 12.5. The predicted molar refractivity (Wildman–Crippen MR) is 109 cm³/mol. The zero-order valence-electron chi connectivity index (χ0n) is 17.5. The van der Waals surface area contributed by atoms with Crippen LogP contribution in [0.3, 0.4) is 0 Å². The molecule has 0 bridgehead atoms. The molecule has 1 aromatic heterocycles. The van der Waals surface area contributed by atoms with Crippen molar-refractivity contribution in [2.45, 2.75) is 82.0 Å². The predicted octanol–water partition coefficient (Wildman–Crippen LogP) is 2.39. The minimum absolute atomic E-state index is 0.0525. The first-order valence-electron chi connectivity index (χ1n) is 11.4. The minimum atomic E-state index is -1.08. The summed E-state index contributed by atoms with van der Waals surface area (Å²) in [6, 6.07) is 3.07. The van der Waals surface area contributed by atoms with E-state index in [0.717, 1.165) is 31.1 Å². The van der Waals surface area contributed by atoms with Gasteiger partial charge in [0.05, 0.1) is 24.1 Å². The summed E-state index contributed by atoms with van der Waals surface area (Å²) in [4.78, 5) is 23.9. The molecule has 9 atom stereocenters. The Hall–Kier alpha value is -1.50. The molecule has 6 heteroatoms. The third-order valence-electron chi connectivity index (χ3n) is 9.70. The molecule has 0 saturated heterocycles. The third kappa shape index (κ3) is 2.53. The van der Waals surface area contributed by atoms with E-state index in [1.54, 1.807) is 6.07 Å². The molecule has 5 rings (SSSR count). The largest absolute Gasteiger partial charge is 0.431 e. The van der Waals surface area contributed by atoms with Crippen LogP contribution in [-0.4, -0.2) is 39.4 Å². The Labute approximate surface area is 176 Å². The Morgan fingerprint density at radius 1 is 1.10 bits per heavy atom. The lowest BCUT2D eigenvalue weighted by atomic mass is 9.43. The van der Waals surface area contributed by atoms with Gasteiger partial charge in [0.2, 0.25) is 0 Å². The molecule has 0 aromatic carbocycles. The Bertz CT molecular complexity index is 875. The SMILES string of the molecule is CC12CCC3C(CCC4CC(O)CCC43C=O)C1(O)CC(O)C2c1ccc(=O)oc1. The fourth-order valence-corrected chi connectivity index (χ4v) is 8.30. The van der Waals surface area contributed by atoms with Crippen LogP contribution in [0.5, 0.6) is 0 Å². The van der Waals surface area contributed by atoms with Crippen molar-refractivity contribution in [1.82, 2.24) is 0 Å². The van der Waals surface area contributed by atoms with E-state index in [9.17, 15) is 24.9 Å². The summed E-state index contributed by atoms with van der Waals surface area (Å²) < 4.78 is 5.08. The molecule has 30 heavy (non-hydrogen) atoms. The molecule has 4 saturated carbocycles. The van der Waals surface area contributed by atoms with Crippen LogP contribution in [0.4, 0.5) is 0 Å². The molecule has 0 radical (unpaired) electrons. The van der Waals surface area contributed by atoms with Crippen LogP contribution in [0.2, 0.25) is 0 Å². The van der Waals surface area contributed by atoms with Crippen molar-refractivity contribution in [2.75, 3.05) is 0 Å². The highest BCUT2D eigenvalue weighted by Crippen LogP contribution is 2.70. The normalized spacial score (nSPS) is 50.3. The van der Waals surface area contributed by atoms with Gasteiger partial charge in [-0.1, -0.05) is 6.92 Å². The number of rotatable bonds is 2. The first kappa shape index (κ1) is 20.4. The standard InChI is InChI=1S/C24H32O6/c1-22-8-7-17-18(4-3-15-10-16(26)6-9-23(15,17)13-25)24(22,29)11-19(27)21(22)14-2-5-20(28)30-12-14/h2,5,12-13,15-19,21,26-27,29H,3-4,6-11H2,1H3. The molecule has 1 heterocycles. The van der Waals surface area contributed by atoms with E-state index in [1.807, 2.05) is 0 Å². The van der Waals surface area contributed by atoms with Gasteiger partial charge in [-0.25, -0.2) is 4.79 Å². The van der Waals surface area contributed by atoms with E-state index in [-0.39, 0.29) is 36.2 Å². The molecule has 0 amide bonds. The number of aldehydes is 1. The molecule has 6 nitrogen and oxygen atoms in total. The lowest BCUT2D eigenvalue weighted by Crippen LogP contribution is -2.63. The molecule has 0 aliphatic heterocycles. The Kier molecular flexibility index (Phi) is 4.59. The number of hydrogen-bond donors (Lipinski definition) is 3. The van der Waals surface area contributed by atoms with Crippen LogP contribution in [0.1, 0.15) is 69.8 Å². The lowest BCUT2D eigenvalue weighted by molar-refractivity contribution is -0.204. The Morgan fingerprint density at radius 2 is 1.90 bits per heavy atom. The third-order valence-corrected chi connectivity index (χ3v) is 9.70. The van der Waals surface area contributed by atoms with Crippen molar-refractivity contribution in [2.24, 2.45) is 28.6 Å². The topological polar surface area (TPSA) is 108 Å². The Balaban J connectivity index is 1.54. The van der Waals surface area contributed by atoms with E-state index in [4.69, 9.17) is 4.42 Å². The Morgan fingerprint density at radius 3 is 2.60 bits per heavy atom.